The van der Waals surface area contributed by atoms with Crippen molar-refractivity contribution in [3.8, 4) is 5.75 Å². The summed E-state index contributed by atoms with van der Waals surface area (Å²) < 4.78 is 6.56. The fourth-order valence-electron chi connectivity index (χ4n) is 1.97. The summed E-state index contributed by atoms with van der Waals surface area (Å²) in [5.41, 5.74) is 2.27. The molecule has 1 aliphatic heterocycles. The number of halogens is 1. The summed E-state index contributed by atoms with van der Waals surface area (Å²) in [4.78, 5) is 12.4. The summed E-state index contributed by atoms with van der Waals surface area (Å²) in [5.74, 6) is 0.680. The standard InChI is InChI=1S/C14H9BrO2/c15-10-6-5-9-8-17-13-4-2-1-3-11(13)14(16)12(9)7-10/h1-7H,8H2. The normalized spacial score (nSPS) is 13.4. The second-order valence-electron chi connectivity index (χ2n) is 3.92. The summed E-state index contributed by atoms with van der Waals surface area (Å²) in [5, 5.41) is 0. The molecule has 0 saturated heterocycles. The molecule has 0 saturated carbocycles. The molecular weight excluding hydrogens is 280 g/mol. The SMILES string of the molecule is O=C1c2cc(Br)ccc2COc2ccccc21. The van der Waals surface area contributed by atoms with Gasteiger partial charge < -0.3 is 4.74 Å². The Hall–Kier alpha value is -1.61. The van der Waals surface area contributed by atoms with Gasteiger partial charge in [-0.25, -0.2) is 0 Å². The Morgan fingerprint density at radius 1 is 1.06 bits per heavy atom. The monoisotopic (exact) mass is 288 g/mol. The molecule has 1 aliphatic rings. The zero-order valence-corrected chi connectivity index (χ0v) is 10.5. The summed E-state index contributed by atoms with van der Waals surface area (Å²) >= 11 is 3.39. The number of ether oxygens (including phenoxy) is 1. The quantitative estimate of drug-likeness (QED) is 0.741. The highest BCUT2D eigenvalue weighted by atomic mass is 79.9. The molecule has 0 amide bonds. The van der Waals surface area contributed by atoms with Crippen molar-refractivity contribution < 1.29 is 9.53 Å². The van der Waals surface area contributed by atoms with Crippen LogP contribution in [-0.4, -0.2) is 5.78 Å². The van der Waals surface area contributed by atoms with Gasteiger partial charge in [0.1, 0.15) is 12.4 Å². The van der Waals surface area contributed by atoms with E-state index in [0.29, 0.717) is 23.5 Å². The summed E-state index contributed by atoms with van der Waals surface area (Å²) in [6.07, 6.45) is 0. The Bertz CT molecular complexity index is 605. The highest BCUT2D eigenvalue weighted by Gasteiger charge is 2.21. The topological polar surface area (TPSA) is 26.3 Å². The molecule has 0 aromatic heterocycles. The van der Waals surface area contributed by atoms with E-state index < -0.39 is 0 Å². The van der Waals surface area contributed by atoms with Gasteiger partial charge >= 0.3 is 0 Å². The number of hydrogen-bond acceptors (Lipinski definition) is 2. The molecule has 0 atom stereocenters. The van der Waals surface area contributed by atoms with Crippen molar-refractivity contribution in [1.29, 1.82) is 0 Å². The lowest BCUT2D eigenvalue weighted by Gasteiger charge is -2.04. The second kappa shape index (κ2) is 4.00. The number of para-hydroxylation sites is 1. The van der Waals surface area contributed by atoms with Crippen LogP contribution >= 0.6 is 15.9 Å². The molecule has 0 unspecified atom stereocenters. The first kappa shape index (κ1) is 10.5. The molecule has 3 rings (SSSR count). The molecule has 0 bridgehead atoms. The van der Waals surface area contributed by atoms with Gasteiger partial charge in [-0.05, 0) is 24.3 Å². The lowest BCUT2D eigenvalue weighted by Crippen LogP contribution is -2.02. The van der Waals surface area contributed by atoms with E-state index >= 15 is 0 Å². The average molecular weight is 289 g/mol. The van der Waals surface area contributed by atoms with Gasteiger partial charge in [0.25, 0.3) is 0 Å². The first-order valence-corrected chi connectivity index (χ1v) is 6.10. The van der Waals surface area contributed by atoms with E-state index in [9.17, 15) is 4.79 Å². The lowest BCUT2D eigenvalue weighted by atomic mass is 9.99. The van der Waals surface area contributed by atoms with Crippen LogP contribution in [0.1, 0.15) is 21.5 Å². The van der Waals surface area contributed by atoms with E-state index in [2.05, 4.69) is 15.9 Å². The van der Waals surface area contributed by atoms with Crippen molar-refractivity contribution in [3.05, 3.63) is 63.6 Å². The second-order valence-corrected chi connectivity index (χ2v) is 4.83. The van der Waals surface area contributed by atoms with Crippen LogP contribution in [0.5, 0.6) is 5.75 Å². The van der Waals surface area contributed by atoms with Crippen molar-refractivity contribution in [3.63, 3.8) is 0 Å². The van der Waals surface area contributed by atoms with Crippen LogP contribution < -0.4 is 4.74 Å². The molecular formula is C14H9BrO2. The van der Waals surface area contributed by atoms with Crippen LogP contribution in [0.15, 0.2) is 46.9 Å². The van der Waals surface area contributed by atoms with Crippen molar-refractivity contribution in [2.75, 3.05) is 0 Å². The third-order valence-electron chi connectivity index (χ3n) is 2.83. The van der Waals surface area contributed by atoms with Gasteiger partial charge in [-0.3, -0.25) is 4.79 Å². The Balaban J connectivity index is 2.22. The maximum Gasteiger partial charge on any atom is 0.197 e. The highest BCUT2D eigenvalue weighted by Crippen LogP contribution is 2.29. The summed E-state index contributed by atoms with van der Waals surface area (Å²) in [7, 11) is 0. The number of hydrogen-bond donors (Lipinski definition) is 0. The summed E-state index contributed by atoms with van der Waals surface area (Å²) in [6.45, 7) is 0.436. The van der Waals surface area contributed by atoms with Gasteiger partial charge in [0.15, 0.2) is 5.78 Å². The van der Waals surface area contributed by atoms with Gasteiger partial charge in [0.05, 0.1) is 5.56 Å². The van der Waals surface area contributed by atoms with Crippen molar-refractivity contribution in [2.24, 2.45) is 0 Å². The van der Waals surface area contributed by atoms with Crippen molar-refractivity contribution >= 4 is 21.7 Å². The van der Waals surface area contributed by atoms with Crippen LogP contribution in [-0.2, 0) is 6.61 Å². The van der Waals surface area contributed by atoms with Crippen LogP contribution in [0.4, 0.5) is 0 Å². The lowest BCUT2D eigenvalue weighted by molar-refractivity contribution is 0.103. The minimum atomic E-state index is 0.0226. The third kappa shape index (κ3) is 1.76. The number of carbonyl (C=O) groups excluding carboxylic acids is 1. The van der Waals surface area contributed by atoms with Crippen LogP contribution in [0.2, 0.25) is 0 Å². The van der Waals surface area contributed by atoms with Gasteiger partial charge in [-0.15, -0.1) is 0 Å². The number of fused-ring (bicyclic) bond motifs is 2. The largest absolute Gasteiger partial charge is 0.488 e. The van der Waals surface area contributed by atoms with E-state index in [-0.39, 0.29) is 5.78 Å². The molecule has 2 aromatic rings. The van der Waals surface area contributed by atoms with Crippen LogP contribution in [0.3, 0.4) is 0 Å². The predicted molar refractivity (Wildman–Crippen MR) is 68.3 cm³/mol. The maximum absolute atomic E-state index is 12.4. The highest BCUT2D eigenvalue weighted by molar-refractivity contribution is 9.10. The minimum absolute atomic E-state index is 0.0226. The Morgan fingerprint density at radius 2 is 1.88 bits per heavy atom. The zero-order chi connectivity index (χ0) is 11.8. The maximum atomic E-state index is 12.4. The molecule has 0 aliphatic carbocycles. The summed E-state index contributed by atoms with van der Waals surface area (Å²) in [6, 6.07) is 13.0. The third-order valence-corrected chi connectivity index (χ3v) is 3.32. The molecule has 2 aromatic carbocycles. The first-order chi connectivity index (χ1) is 8.25. The van der Waals surface area contributed by atoms with Crippen molar-refractivity contribution in [1.82, 2.24) is 0 Å². The number of rotatable bonds is 0. The number of carbonyl (C=O) groups is 1. The number of ketones is 1. The van der Waals surface area contributed by atoms with E-state index in [1.165, 1.54) is 0 Å². The fraction of sp³-hybridized carbons (Fsp3) is 0.0714. The minimum Gasteiger partial charge on any atom is -0.488 e. The van der Waals surface area contributed by atoms with Crippen LogP contribution in [0, 0.1) is 0 Å². The zero-order valence-electron chi connectivity index (χ0n) is 8.94. The fourth-order valence-corrected chi connectivity index (χ4v) is 2.33. The van der Waals surface area contributed by atoms with Gasteiger partial charge in [-0.2, -0.15) is 0 Å². The Labute approximate surface area is 107 Å². The van der Waals surface area contributed by atoms with Crippen LogP contribution in [0.25, 0.3) is 0 Å². The van der Waals surface area contributed by atoms with E-state index in [1.54, 1.807) is 6.07 Å². The Morgan fingerprint density at radius 3 is 2.76 bits per heavy atom. The molecule has 0 fully saturated rings. The van der Waals surface area contributed by atoms with E-state index in [0.717, 1.165) is 10.0 Å². The molecule has 84 valence electrons. The van der Waals surface area contributed by atoms with E-state index in [1.807, 2.05) is 36.4 Å². The molecule has 0 spiro atoms. The average Bonchev–Trinajstić information content (AvgIpc) is 2.49. The number of benzene rings is 2. The van der Waals surface area contributed by atoms with E-state index in [4.69, 9.17) is 4.74 Å². The first-order valence-electron chi connectivity index (χ1n) is 5.30. The smallest absolute Gasteiger partial charge is 0.197 e. The van der Waals surface area contributed by atoms with Crippen molar-refractivity contribution in [2.45, 2.75) is 6.61 Å². The van der Waals surface area contributed by atoms with Gasteiger partial charge in [0, 0.05) is 15.6 Å². The van der Waals surface area contributed by atoms with Gasteiger partial charge in [-0.1, -0.05) is 34.1 Å². The molecule has 2 nitrogen and oxygen atoms in total. The van der Waals surface area contributed by atoms with Gasteiger partial charge in [0.2, 0.25) is 0 Å². The molecule has 0 N–H and O–H groups in total. The molecule has 3 heteroatoms. The molecule has 1 heterocycles. The predicted octanol–water partition coefficient (Wildman–Crippen LogP) is 3.57. The molecule has 17 heavy (non-hydrogen) atoms. The molecule has 0 radical (unpaired) electrons. The Kier molecular flexibility index (Phi) is 2.48.